The highest BCUT2D eigenvalue weighted by Crippen LogP contribution is 2.29. The smallest absolute Gasteiger partial charge is 0.191 e. The van der Waals surface area contributed by atoms with Gasteiger partial charge >= 0.3 is 0 Å². The molecule has 1 aliphatic heterocycles. The molecule has 1 aromatic rings. The van der Waals surface area contributed by atoms with Crippen molar-refractivity contribution >= 4 is 29.9 Å². The molecule has 1 heterocycles. The van der Waals surface area contributed by atoms with Gasteiger partial charge in [0.15, 0.2) is 5.96 Å². The number of aliphatic imine (C=N–C) groups is 1. The number of nitrogens with zero attached hydrogens (tertiary/aromatic N) is 1. The van der Waals surface area contributed by atoms with E-state index in [0.717, 1.165) is 30.6 Å². The minimum absolute atomic E-state index is 0. The number of halogens is 1. The van der Waals surface area contributed by atoms with Gasteiger partial charge in [0, 0.05) is 19.5 Å². The van der Waals surface area contributed by atoms with E-state index in [1.807, 2.05) is 19.2 Å². The van der Waals surface area contributed by atoms with E-state index in [0.29, 0.717) is 6.04 Å². The maximum atomic E-state index is 5.90. The number of para-hydroxylation sites is 1. The monoisotopic (exact) mass is 387 g/mol. The third-order valence-electron chi connectivity index (χ3n) is 3.87. The minimum Gasteiger partial charge on any atom is -0.488 e. The molecule has 0 saturated heterocycles. The van der Waals surface area contributed by atoms with Gasteiger partial charge < -0.3 is 15.4 Å². The highest BCUT2D eigenvalue weighted by molar-refractivity contribution is 14.0. The van der Waals surface area contributed by atoms with Gasteiger partial charge in [0.1, 0.15) is 11.9 Å². The number of guanidine groups is 1. The molecular weight excluding hydrogens is 365 g/mol. The van der Waals surface area contributed by atoms with E-state index in [9.17, 15) is 0 Å². The molecule has 0 amide bonds. The van der Waals surface area contributed by atoms with Crippen LogP contribution < -0.4 is 15.4 Å². The SMILES string of the molecule is CN=C(NCC1Cc2ccccc2O1)NC1CC1C.I. The van der Waals surface area contributed by atoms with Crippen molar-refractivity contribution in [3.05, 3.63) is 29.8 Å². The van der Waals surface area contributed by atoms with Crippen LogP contribution in [-0.2, 0) is 6.42 Å². The van der Waals surface area contributed by atoms with Crippen molar-refractivity contribution in [2.24, 2.45) is 10.9 Å². The average molecular weight is 387 g/mol. The van der Waals surface area contributed by atoms with Crippen LogP contribution in [0.2, 0.25) is 0 Å². The standard InChI is InChI=1S/C15H21N3O.HI/c1-10-7-13(10)18-15(16-2)17-9-12-8-11-5-3-4-6-14(11)19-12;/h3-6,10,12-13H,7-9H2,1-2H3,(H2,16,17,18);1H. The van der Waals surface area contributed by atoms with Crippen LogP contribution in [0.25, 0.3) is 0 Å². The summed E-state index contributed by atoms with van der Waals surface area (Å²) in [5.41, 5.74) is 1.30. The fourth-order valence-electron chi connectivity index (χ4n) is 2.47. The second kappa shape index (κ2) is 6.65. The molecule has 5 heteroatoms. The van der Waals surface area contributed by atoms with Crippen molar-refractivity contribution < 1.29 is 4.74 Å². The van der Waals surface area contributed by atoms with Gasteiger partial charge in [0.2, 0.25) is 0 Å². The van der Waals surface area contributed by atoms with Crippen LogP contribution in [0.15, 0.2) is 29.3 Å². The third kappa shape index (κ3) is 3.56. The van der Waals surface area contributed by atoms with Crippen LogP contribution in [0, 0.1) is 5.92 Å². The van der Waals surface area contributed by atoms with Gasteiger partial charge in [-0.15, -0.1) is 24.0 Å². The summed E-state index contributed by atoms with van der Waals surface area (Å²) in [4.78, 5) is 4.25. The Kier molecular flexibility index (Phi) is 5.12. The molecule has 1 aliphatic carbocycles. The van der Waals surface area contributed by atoms with E-state index in [4.69, 9.17) is 4.74 Å². The van der Waals surface area contributed by atoms with Gasteiger partial charge in [0.05, 0.1) is 6.54 Å². The van der Waals surface area contributed by atoms with Crippen LogP contribution in [0.3, 0.4) is 0 Å². The fraction of sp³-hybridized carbons (Fsp3) is 0.533. The van der Waals surface area contributed by atoms with Crippen LogP contribution in [0.1, 0.15) is 18.9 Å². The highest BCUT2D eigenvalue weighted by Gasteiger charge is 2.33. The van der Waals surface area contributed by atoms with Crippen LogP contribution in [0.4, 0.5) is 0 Å². The molecule has 1 aromatic carbocycles. The van der Waals surface area contributed by atoms with Crippen molar-refractivity contribution in [2.75, 3.05) is 13.6 Å². The van der Waals surface area contributed by atoms with E-state index >= 15 is 0 Å². The zero-order valence-corrected chi connectivity index (χ0v) is 14.3. The molecule has 1 saturated carbocycles. The quantitative estimate of drug-likeness (QED) is 0.475. The Morgan fingerprint density at radius 3 is 2.80 bits per heavy atom. The molecular formula is C15H22IN3O. The lowest BCUT2D eigenvalue weighted by molar-refractivity contribution is 0.235. The van der Waals surface area contributed by atoms with Crippen LogP contribution in [-0.4, -0.2) is 31.7 Å². The predicted molar refractivity (Wildman–Crippen MR) is 92.0 cm³/mol. The van der Waals surface area contributed by atoms with Crippen molar-refractivity contribution in [3.63, 3.8) is 0 Å². The molecule has 2 N–H and O–H groups in total. The van der Waals surface area contributed by atoms with Gasteiger partial charge in [-0.1, -0.05) is 25.1 Å². The summed E-state index contributed by atoms with van der Waals surface area (Å²) in [6.07, 6.45) is 2.42. The molecule has 3 unspecified atom stereocenters. The molecule has 3 rings (SSSR count). The first-order valence-electron chi connectivity index (χ1n) is 6.98. The van der Waals surface area contributed by atoms with E-state index in [2.05, 4.69) is 34.7 Å². The van der Waals surface area contributed by atoms with Crippen molar-refractivity contribution in [1.82, 2.24) is 10.6 Å². The Bertz CT molecular complexity index is 467. The predicted octanol–water partition coefficient (Wildman–Crippen LogP) is 2.18. The molecule has 0 radical (unpaired) electrons. The Labute approximate surface area is 137 Å². The third-order valence-corrected chi connectivity index (χ3v) is 3.87. The van der Waals surface area contributed by atoms with Crippen molar-refractivity contribution in [2.45, 2.75) is 31.9 Å². The Morgan fingerprint density at radius 2 is 2.15 bits per heavy atom. The number of fused-ring (bicyclic) bond motifs is 1. The Balaban J connectivity index is 0.00000147. The zero-order chi connectivity index (χ0) is 13.2. The number of ether oxygens (including phenoxy) is 1. The van der Waals surface area contributed by atoms with Crippen LogP contribution in [0.5, 0.6) is 5.75 Å². The number of benzene rings is 1. The summed E-state index contributed by atoms with van der Waals surface area (Å²) in [6, 6.07) is 8.84. The van der Waals surface area contributed by atoms with Gasteiger partial charge in [-0.3, -0.25) is 4.99 Å². The fourth-order valence-corrected chi connectivity index (χ4v) is 2.47. The number of hydrogen-bond donors (Lipinski definition) is 2. The highest BCUT2D eigenvalue weighted by atomic mass is 127. The minimum atomic E-state index is 0. The molecule has 1 fully saturated rings. The van der Waals surface area contributed by atoms with E-state index in [-0.39, 0.29) is 30.1 Å². The maximum absolute atomic E-state index is 5.90. The molecule has 110 valence electrons. The lowest BCUT2D eigenvalue weighted by Gasteiger charge is -2.15. The summed E-state index contributed by atoms with van der Waals surface area (Å²) in [5.74, 6) is 2.67. The molecule has 20 heavy (non-hydrogen) atoms. The lowest BCUT2D eigenvalue weighted by atomic mass is 10.1. The normalized spacial score (nSPS) is 27.1. The second-order valence-corrected chi connectivity index (χ2v) is 5.47. The topological polar surface area (TPSA) is 45.7 Å². The molecule has 3 atom stereocenters. The first-order valence-corrected chi connectivity index (χ1v) is 6.98. The molecule has 0 aromatic heterocycles. The summed E-state index contributed by atoms with van der Waals surface area (Å²) in [6.45, 7) is 3.04. The average Bonchev–Trinajstić information content (AvgIpc) is 2.96. The Hall–Kier alpha value is -0.980. The largest absolute Gasteiger partial charge is 0.488 e. The van der Waals surface area contributed by atoms with Gasteiger partial charge in [0.25, 0.3) is 0 Å². The first-order chi connectivity index (χ1) is 9.26. The molecule has 4 nitrogen and oxygen atoms in total. The molecule has 2 aliphatic rings. The molecule has 0 spiro atoms. The van der Waals surface area contributed by atoms with Crippen molar-refractivity contribution in [3.8, 4) is 5.75 Å². The molecule has 0 bridgehead atoms. The van der Waals surface area contributed by atoms with Gasteiger partial charge in [-0.2, -0.15) is 0 Å². The first kappa shape index (κ1) is 15.4. The second-order valence-electron chi connectivity index (χ2n) is 5.47. The van der Waals surface area contributed by atoms with Crippen molar-refractivity contribution in [1.29, 1.82) is 0 Å². The van der Waals surface area contributed by atoms with E-state index in [1.54, 1.807) is 0 Å². The van der Waals surface area contributed by atoms with Gasteiger partial charge in [-0.25, -0.2) is 0 Å². The lowest BCUT2D eigenvalue weighted by Crippen LogP contribution is -2.43. The van der Waals surface area contributed by atoms with E-state index in [1.165, 1.54) is 12.0 Å². The maximum Gasteiger partial charge on any atom is 0.191 e. The number of rotatable bonds is 3. The summed E-state index contributed by atoms with van der Waals surface area (Å²) in [7, 11) is 1.81. The van der Waals surface area contributed by atoms with E-state index < -0.39 is 0 Å². The summed E-state index contributed by atoms with van der Waals surface area (Å²) in [5, 5.41) is 6.77. The van der Waals surface area contributed by atoms with Crippen LogP contribution >= 0.6 is 24.0 Å². The summed E-state index contributed by atoms with van der Waals surface area (Å²) >= 11 is 0. The Morgan fingerprint density at radius 1 is 1.40 bits per heavy atom. The van der Waals surface area contributed by atoms with Gasteiger partial charge in [-0.05, 0) is 24.0 Å². The number of hydrogen-bond acceptors (Lipinski definition) is 2. The summed E-state index contributed by atoms with van der Waals surface area (Å²) < 4.78 is 5.90. The zero-order valence-electron chi connectivity index (χ0n) is 11.9. The number of nitrogens with one attached hydrogen (secondary N) is 2.